The molecule has 0 amide bonds. The van der Waals surface area contributed by atoms with E-state index in [2.05, 4.69) is 4.98 Å². The van der Waals surface area contributed by atoms with E-state index < -0.39 is 5.78 Å². The van der Waals surface area contributed by atoms with Gasteiger partial charge in [-0.25, -0.2) is 0 Å². The first kappa shape index (κ1) is 17.9. The Hall–Kier alpha value is -4.19. The van der Waals surface area contributed by atoms with E-state index in [1.165, 1.54) is 6.07 Å². The number of benzene rings is 3. The molecular weight excluding hydrogens is 382 g/mol. The van der Waals surface area contributed by atoms with E-state index in [9.17, 15) is 15.0 Å². The highest BCUT2D eigenvalue weighted by molar-refractivity contribution is 6.16. The molecular formula is C24H17NO5. The first-order chi connectivity index (χ1) is 14.6. The number of allylic oxidation sites excluding steroid dienone is 1. The second-order valence-corrected chi connectivity index (χ2v) is 6.97. The number of ketones is 1. The maximum atomic E-state index is 12.6. The highest BCUT2D eigenvalue weighted by Gasteiger charge is 2.31. The van der Waals surface area contributed by atoms with Gasteiger partial charge in [-0.1, -0.05) is 42.5 Å². The number of hydrogen-bond acceptors (Lipinski definition) is 5. The van der Waals surface area contributed by atoms with Gasteiger partial charge >= 0.3 is 0 Å². The summed E-state index contributed by atoms with van der Waals surface area (Å²) in [5.74, 6) is -0.0155. The zero-order valence-corrected chi connectivity index (χ0v) is 15.8. The Morgan fingerprint density at radius 3 is 2.70 bits per heavy atom. The number of aromatic amines is 1. The normalized spacial score (nSPS) is 14.1. The van der Waals surface area contributed by atoms with E-state index in [-0.39, 0.29) is 28.6 Å². The summed E-state index contributed by atoms with van der Waals surface area (Å²) >= 11 is 0. The number of phenols is 2. The van der Waals surface area contributed by atoms with Crippen molar-refractivity contribution in [1.29, 1.82) is 0 Å². The Kier molecular flexibility index (Phi) is 4.17. The summed E-state index contributed by atoms with van der Waals surface area (Å²) in [6, 6.07) is 18.0. The molecule has 0 saturated heterocycles. The Morgan fingerprint density at radius 1 is 1.03 bits per heavy atom. The second-order valence-electron chi connectivity index (χ2n) is 6.97. The van der Waals surface area contributed by atoms with Gasteiger partial charge in [0.2, 0.25) is 5.78 Å². The number of fused-ring (bicyclic) bond motifs is 2. The summed E-state index contributed by atoms with van der Waals surface area (Å²) in [6.07, 6.45) is 3.38. The first-order valence-corrected chi connectivity index (χ1v) is 9.37. The summed E-state index contributed by atoms with van der Waals surface area (Å²) in [4.78, 5) is 15.8. The maximum Gasteiger partial charge on any atom is 0.235 e. The van der Waals surface area contributed by atoms with Crippen LogP contribution in [0.15, 0.2) is 72.6 Å². The molecule has 5 rings (SSSR count). The topological polar surface area (TPSA) is 91.8 Å². The minimum absolute atomic E-state index is 0.0470. The van der Waals surface area contributed by atoms with Crippen LogP contribution < -0.4 is 9.47 Å². The number of aromatic hydroxyl groups is 2. The van der Waals surface area contributed by atoms with Crippen LogP contribution in [0.1, 0.15) is 21.5 Å². The quantitative estimate of drug-likeness (QED) is 0.430. The van der Waals surface area contributed by atoms with E-state index in [0.717, 1.165) is 28.1 Å². The number of Topliss-reactive ketones (excluding diaryl/α,β-unsaturated/α-hetero) is 1. The molecule has 0 radical (unpaired) electrons. The predicted octanol–water partition coefficient (Wildman–Crippen LogP) is 4.77. The molecule has 0 fully saturated rings. The highest BCUT2D eigenvalue weighted by Crippen LogP contribution is 2.41. The number of H-pyrrole nitrogens is 1. The van der Waals surface area contributed by atoms with Gasteiger partial charge in [0.1, 0.15) is 35.2 Å². The number of para-hydroxylation sites is 1. The van der Waals surface area contributed by atoms with Gasteiger partial charge in [0, 0.05) is 29.3 Å². The van der Waals surface area contributed by atoms with Crippen molar-refractivity contribution >= 4 is 22.8 Å². The van der Waals surface area contributed by atoms with Crippen molar-refractivity contribution in [1.82, 2.24) is 4.98 Å². The molecule has 6 nitrogen and oxygen atoms in total. The summed E-state index contributed by atoms with van der Waals surface area (Å²) in [5.41, 5.74) is 2.67. The lowest BCUT2D eigenvalue weighted by molar-refractivity contribution is 0.101. The van der Waals surface area contributed by atoms with Gasteiger partial charge in [0.25, 0.3) is 0 Å². The van der Waals surface area contributed by atoms with Crippen LogP contribution in [0.5, 0.6) is 23.0 Å². The number of carbonyl (C=O) groups excluding carboxylic acids is 1. The number of rotatable bonds is 4. The van der Waals surface area contributed by atoms with E-state index in [1.54, 1.807) is 12.3 Å². The van der Waals surface area contributed by atoms with Gasteiger partial charge in [-0.3, -0.25) is 4.79 Å². The van der Waals surface area contributed by atoms with Gasteiger partial charge < -0.3 is 24.7 Å². The fourth-order valence-electron chi connectivity index (χ4n) is 3.54. The number of hydrogen-bond donors (Lipinski definition) is 3. The summed E-state index contributed by atoms with van der Waals surface area (Å²) in [7, 11) is 0. The Morgan fingerprint density at radius 2 is 1.87 bits per heavy atom. The Labute approximate surface area is 171 Å². The number of aromatic nitrogens is 1. The van der Waals surface area contributed by atoms with Gasteiger partial charge in [-0.2, -0.15) is 0 Å². The Bertz CT molecular complexity index is 1300. The fourth-order valence-corrected chi connectivity index (χ4v) is 3.54. The number of carbonyl (C=O) groups is 1. The van der Waals surface area contributed by atoms with Crippen molar-refractivity contribution in [2.45, 2.75) is 6.61 Å². The zero-order valence-electron chi connectivity index (χ0n) is 15.8. The molecule has 0 aliphatic carbocycles. The smallest absolute Gasteiger partial charge is 0.235 e. The predicted molar refractivity (Wildman–Crippen MR) is 112 cm³/mol. The average molecular weight is 399 g/mol. The number of nitrogens with one attached hydrogen (secondary N) is 1. The van der Waals surface area contributed by atoms with E-state index >= 15 is 0 Å². The third-order valence-corrected chi connectivity index (χ3v) is 4.97. The summed E-state index contributed by atoms with van der Waals surface area (Å²) in [6.45, 7) is 0.440. The zero-order chi connectivity index (χ0) is 20.7. The molecule has 6 heteroatoms. The maximum absolute atomic E-state index is 12.6. The van der Waals surface area contributed by atoms with E-state index in [1.807, 2.05) is 48.5 Å². The van der Waals surface area contributed by atoms with Gasteiger partial charge in [0.05, 0.1) is 5.52 Å². The third kappa shape index (κ3) is 3.04. The molecule has 0 atom stereocenters. The molecule has 30 heavy (non-hydrogen) atoms. The molecule has 1 aliphatic rings. The molecule has 4 aromatic rings. The van der Waals surface area contributed by atoms with Crippen LogP contribution in [0, 0.1) is 0 Å². The van der Waals surface area contributed by atoms with Gasteiger partial charge in [0.15, 0.2) is 5.76 Å². The lowest BCUT2D eigenvalue weighted by atomic mass is 10.1. The molecule has 3 aromatic carbocycles. The minimum Gasteiger partial charge on any atom is -0.508 e. The Balaban J connectivity index is 1.46. The SMILES string of the molecule is O=C1C(=Cc2c[nH]c3c(OCc4ccccc4)cccc23)Oc2cc(O)cc(O)c21. The molecule has 3 N–H and O–H groups in total. The van der Waals surface area contributed by atoms with Crippen LogP contribution in [0.2, 0.25) is 0 Å². The van der Waals surface area contributed by atoms with Gasteiger partial charge in [-0.15, -0.1) is 0 Å². The molecule has 0 spiro atoms. The van der Waals surface area contributed by atoms with Crippen molar-refractivity contribution < 1.29 is 24.5 Å². The second kappa shape index (κ2) is 7.00. The lowest BCUT2D eigenvalue weighted by Crippen LogP contribution is -1.98. The van der Waals surface area contributed by atoms with E-state index in [4.69, 9.17) is 9.47 Å². The largest absolute Gasteiger partial charge is 0.508 e. The number of phenolic OH excluding ortho intramolecular Hbond substituents is 2. The van der Waals surface area contributed by atoms with Crippen molar-refractivity contribution in [3.05, 3.63) is 89.3 Å². The number of ether oxygens (including phenoxy) is 2. The molecule has 1 aliphatic heterocycles. The molecule has 0 unspecified atom stereocenters. The first-order valence-electron chi connectivity index (χ1n) is 9.37. The highest BCUT2D eigenvalue weighted by atomic mass is 16.5. The minimum atomic E-state index is -0.437. The molecule has 0 bridgehead atoms. The summed E-state index contributed by atoms with van der Waals surface area (Å²) in [5, 5.41) is 20.5. The van der Waals surface area contributed by atoms with Crippen molar-refractivity contribution in [2.75, 3.05) is 0 Å². The summed E-state index contributed by atoms with van der Waals surface area (Å²) < 4.78 is 11.6. The average Bonchev–Trinajstić information content (AvgIpc) is 3.29. The monoisotopic (exact) mass is 399 g/mol. The van der Waals surface area contributed by atoms with Crippen molar-refractivity contribution in [2.24, 2.45) is 0 Å². The molecule has 0 saturated carbocycles. The van der Waals surface area contributed by atoms with Gasteiger partial charge in [-0.05, 0) is 17.7 Å². The van der Waals surface area contributed by atoms with Crippen LogP contribution in [-0.4, -0.2) is 21.0 Å². The third-order valence-electron chi connectivity index (χ3n) is 4.97. The van der Waals surface area contributed by atoms with Crippen LogP contribution in [0.3, 0.4) is 0 Å². The van der Waals surface area contributed by atoms with Crippen LogP contribution >= 0.6 is 0 Å². The van der Waals surface area contributed by atoms with E-state index in [0.29, 0.717) is 12.4 Å². The molecule has 2 heterocycles. The fraction of sp³-hybridized carbons (Fsp3) is 0.0417. The standard InChI is InChI=1S/C24H17NO5/c26-16-10-18(27)22-20(11-16)30-21(24(22)28)9-15-12-25-23-17(15)7-4-8-19(23)29-13-14-5-2-1-3-6-14/h1-12,25-27H,13H2. The van der Waals surface area contributed by atoms with Crippen molar-refractivity contribution in [3.8, 4) is 23.0 Å². The molecule has 148 valence electrons. The molecule has 1 aromatic heterocycles. The van der Waals surface area contributed by atoms with Crippen LogP contribution in [0.25, 0.3) is 17.0 Å². The van der Waals surface area contributed by atoms with Crippen LogP contribution in [-0.2, 0) is 6.61 Å². The van der Waals surface area contributed by atoms with Crippen LogP contribution in [0.4, 0.5) is 0 Å². The van der Waals surface area contributed by atoms with Crippen molar-refractivity contribution in [3.63, 3.8) is 0 Å². The lowest BCUT2D eigenvalue weighted by Gasteiger charge is -2.07.